The van der Waals surface area contributed by atoms with Gasteiger partial charge in [-0.1, -0.05) is 6.07 Å². The Morgan fingerprint density at radius 2 is 1.85 bits per heavy atom. The second kappa shape index (κ2) is 6.85. The van der Waals surface area contributed by atoms with Crippen LogP contribution in [0.2, 0.25) is 0 Å². The Morgan fingerprint density at radius 3 is 2.45 bits per heavy atom. The van der Waals surface area contributed by atoms with Gasteiger partial charge in [0.05, 0.1) is 7.11 Å². The first-order valence-corrected chi connectivity index (χ1v) is 6.61. The summed E-state index contributed by atoms with van der Waals surface area (Å²) in [7, 11) is 3.56. The average molecular weight is 286 g/mol. The number of piperazine rings is 1. The summed E-state index contributed by atoms with van der Waals surface area (Å²) in [6.45, 7) is 2.06. The summed E-state index contributed by atoms with van der Waals surface area (Å²) in [4.78, 5) is 4.62. The van der Waals surface area contributed by atoms with E-state index in [-0.39, 0.29) is 5.75 Å². The number of ether oxygens (including phenoxy) is 2. The number of hydrogen-bond acceptors (Lipinski definition) is 4. The van der Waals surface area contributed by atoms with Crippen molar-refractivity contribution in [2.24, 2.45) is 0 Å². The first-order valence-electron chi connectivity index (χ1n) is 6.61. The molecule has 1 fully saturated rings. The number of rotatable bonds is 5. The molecule has 6 heteroatoms. The smallest absolute Gasteiger partial charge is 0.387 e. The number of likely N-dealkylation sites (N-methyl/N-ethyl adjacent to an activating group) is 1. The number of alkyl halides is 2. The molecule has 0 N–H and O–H groups in total. The highest BCUT2D eigenvalue weighted by molar-refractivity contribution is 5.43. The lowest BCUT2D eigenvalue weighted by molar-refractivity contribution is -0.0512. The molecule has 1 aromatic rings. The lowest BCUT2D eigenvalue weighted by Crippen LogP contribution is -2.43. The Hall–Kier alpha value is -1.40. The number of nitrogens with zero attached hydrogens (tertiary/aromatic N) is 2. The third-order valence-electron chi connectivity index (χ3n) is 3.45. The summed E-state index contributed by atoms with van der Waals surface area (Å²) in [5, 5.41) is 0. The molecule has 4 nitrogen and oxygen atoms in total. The molecule has 0 aromatic heterocycles. The zero-order chi connectivity index (χ0) is 14.5. The van der Waals surface area contributed by atoms with Gasteiger partial charge in [0.2, 0.25) is 0 Å². The van der Waals surface area contributed by atoms with Gasteiger partial charge >= 0.3 is 6.61 Å². The van der Waals surface area contributed by atoms with Gasteiger partial charge in [0.15, 0.2) is 11.5 Å². The van der Waals surface area contributed by atoms with Crippen LogP contribution >= 0.6 is 0 Å². The standard InChI is InChI=1S/C14H20F2N2O2/c1-17-5-7-18(8-6-17)10-11-3-4-12(20-14(15)16)13(9-11)19-2/h3-4,9,14H,5-8,10H2,1-2H3. The highest BCUT2D eigenvalue weighted by Gasteiger charge is 2.16. The number of hydrogen-bond donors (Lipinski definition) is 0. The summed E-state index contributed by atoms with van der Waals surface area (Å²) >= 11 is 0. The fraction of sp³-hybridized carbons (Fsp3) is 0.571. The lowest BCUT2D eigenvalue weighted by Gasteiger charge is -2.32. The third-order valence-corrected chi connectivity index (χ3v) is 3.45. The predicted octanol–water partition coefficient (Wildman–Crippen LogP) is 2.04. The zero-order valence-electron chi connectivity index (χ0n) is 11.8. The molecular formula is C14H20F2N2O2. The first-order chi connectivity index (χ1) is 9.58. The molecule has 112 valence electrons. The highest BCUT2D eigenvalue weighted by Crippen LogP contribution is 2.29. The van der Waals surface area contributed by atoms with E-state index in [1.54, 1.807) is 12.1 Å². The maximum absolute atomic E-state index is 12.3. The van der Waals surface area contributed by atoms with Gasteiger partial charge in [-0.05, 0) is 24.7 Å². The first kappa shape index (κ1) is 15.0. The van der Waals surface area contributed by atoms with Crippen molar-refractivity contribution in [1.29, 1.82) is 0 Å². The van der Waals surface area contributed by atoms with E-state index in [4.69, 9.17) is 4.74 Å². The van der Waals surface area contributed by atoms with Crippen molar-refractivity contribution in [3.63, 3.8) is 0 Å². The van der Waals surface area contributed by atoms with Crippen molar-refractivity contribution in [1.82, 2.24) is 9.80 Å². The van der Waals surface area contributed by atoms with Crippen LogP contribution in [0.3, 0.4) is 0 Å². The van der Waals surface area contributed by atoms with E-state index in [9.17, 15) is 8.78 Å². The van der Waals surface area contributed by atoms with Crippen LogP contribution in [0.15, 0.2) is 18.2 Å². The molecule has 0 atom stereocenters. The topological polar surface area (TPSA) is 24.9 Å². The monoisotopic (exact) mass is 286 g/mol. The minimum absolute atomic E-state index is 0.0737. The van der Waals surface area contributed by atoms with E-state index in [0.717, 1.165) is 38.3 Å². The molecule has 1 aliphatic rings. The second-order valence-corrected chi connectivity index (χ2v) is 4.94. The Morgan fingerprint density at radius 1 is 1.15 bits per heavy atom. The number of halogens is 2. The van der Waals surface area contributed by atoms with Gasteiger partial charge in [0, 0.05) is 32.7 Å². The van der Waals surface area contributed by atoms with Crippen LogP contribution in [0.25, 0.3) is 0 Å². The summed E-state index contributed by atoms with van der Waals surface area (Å²) in [6, 6.07) is 5.10. The largest absolute Gasteiger partial charge is 0.493 e. The van der Waals surface area contributed by atoms with Gasteiger partial charge in [-0.25, -0.2) is 0 Å². The van der Waals surface area contributed by atoms with Crippen LogP contribution in [0, 0.1) is 0 Å². The second-order valence-electron chi connectivity index (χ2n) is 4.94. The molecule has 1 saturated heterocycles. The molecular weight excluding hydrogens is 266 g/mol. The van der Waals surface area contributed by atoms with Crippen LogP contribution in [0.1, 0.15) is 5.56 Å². The number of benzene rings is 1. The van der Waals surface area contributed by atoms with Crippen molar-refractivity contribution in [2.75, 3.05) is 40.3 Å². The van der Waals surface area contributed by atoms with Crippen LogP contribution in [0.5, 0.6) is 11.5 Å². The van der Waals surface area contributed by atoms with E-state index >= 15 is 0 Å². The summed E-state index contributed by atoms with van der Waals surface area (Å²) < 4.78 is 34.0. The molecule has 1 aromatic carbocycles. The van der Waals surface area contributed by atoms with E-state index < -0.39 is 6.61 Å². The minimum Gasteiger partial charge on any atom is -0.493 e. The maximum atomic E-state index is 12.3. The quantitative estimate of drug-likeness (QED) is 0.827. The molecule has 0 bridgehead atoms. The molecule has 1 heterocycles. The van der Waals surface area contributed by atoms with Gasteiger partial charge in [0.1, 0.15) is 0 Å². The fourth-order valence-corrected chi connectivity index (χ4v) is 2.27. The highest BCUT2D eigenvalue weighted by atomic mass is 19.3. The maximum Gasteiger partial charge on any atom is 0.387 e. The van der Waals surface area contributed by atoms with E-state index in [1.165, 1.54) is 13.2 Å². The lowest BCUT2D eigenvalue weighted by atomic mass is 10.1. The molecule has 0 spiro atoms. The van der Waals surface area contributed by atoms with E-state index in [1.807, 2.05) is 0 Å². The minimum atomic E-state index is -2.84. The average Bonchev–Trinajstić information content (AvgIpc) is 2.42. The van der Waals surface area contributed by atoms with Crippen LogP contribution in [-0.4, -0.2) is 56.7 Å². The van der Waals surface area contributed by atoms with Gasteiger partial charge in [-0.15, -0.1) is 0 Å². The van der Waals surface area contributed by atoms with Gasteiger partial charge < -0.3 is 14.4 Å². The van der Waals surface area contributed by atoms with Crippen molar-refractivity contribution < 1.29 is 18.3 Å². The van der Waals surface area contributed by atoms with Crippen molar-refractivity contribution >= 4 is 0 Å². The van der Waals surface area contributed by atoms with Gasteiger partial charge in [0.25, 0.3) is 0 Å². The third kappa shape index (κ3) is 4.05. The Bertz CT molecular complexity index is 435. The molecule has 2 rings (SSSR count). The summed E-state index contributed by atoms with van der Waals surface area (Å²) in [6.07, 6.45) is 0. The van der Waals surface area contributed by atoms with Crippen LogP contribution < -0.4 is 9.47 Å². The zero-order valence-corrected chi connectivity index (χ0v) is 11.8. The van der Waals surface area contributed by atoms with Crippen molar-refractivity contribution in [3.05, 3.63) is 23.8 Å². The molecule has 20 heavy (non-hydrogen) atoms. The molecule has 0 saturated carbocycles. The van der Waals surface area contributed by atoms with E-state index in [2.05, 4.69) is 21.6 Å². The normalized spacial score (nSPS) is 17.4. The van der Waals surface area contributed by atoms with Crippen LogP contribution in [-0.2, 0) is 6.54 Å². The molecule has 1 aliphatic heterocycles. The molecule has 0 aliphatic carbocycles. The van der Waals surface area contributed by atoms with E-state index in [0.29, 0.717) is 5.75 Å². The summed E-state index contributed by atoms with van der Waals surface area (Å²) in [5.41, 5.74) is 1.04. The Kier molecular flexibility index (Phi) is 5.14. The SMILES string of the molecule is COc1cc(CN2CCN(C)CC2)ccc1OC(F)F. The predicted molar refractivity (Wildman–Crippen MR) is 72.4 cm³/mol. The fourth-order valence-electron chi connectivity index (χ4n) is 2.27. The van der Waals surface area contributed by atoms with Gasteiger partial charge in [-0.3, -0.25) is 4.90 Å². The Labute approximate surface area is 117 Å². The van der Waals surface area contributed by atoms with Gasteiger partial charge in [-0.2, -0.15) is 8.78 Å². The van der Waals surface area contributed by atoms with Crippen molar-refractivity contribution in [3.8, 4) is 11.5 Å². The Balaban J connectivity index is 2.02. The molecule has 0 unspecified atom stereocenters. The number of methoxy groups -OCH3 is 1. The molecule has 0 amide bonds. The molecule has 0 radical (unpaired) electrons. The summed E-state index contributed by atoms with van der Waals surface area (Å²) in [5.74, 6) is 0.418. The van der Waals surface area contributed by atoms with Crippen LogP contribution in [0.4, 0.5) is 8.78 Å². The van der Waals surface area contributed by atoms with Crippen molar-refractivity contribution in [2.45, 2.75) is 13.2 Å².